The first kappa shape index (κ1) is 102. The average molecular weight is 2020 g/mol. The Labute approximate surface area is 841 Å². The molecule has 5 aliphatic rings. The number of rotatable bonds is 11. The molecule has 25 nitrogen and oxygen atoms in total. The van der Waals surface area contributed by atoms with Crippen LogP contribution >= 0.6 is 68.0 Å². The van der Waals surface area contributed by atoms with Crippen molar-refractivity contribution >= 4 is 193 Å². The highest BCUT2D eigenvalue weighted by Crippen LogP contribution is 2.49. The van der Waals surface area contributed by atoms with Gasteiger partial charge in [0, 0.05) is 136 Å². The van der Waals surface area contributed by atoms with Crippen LogP contribution in [0.5, 0.6) is 0 Å². The SMILES string of the molecule is CCc1c(C)nc2sc(C(=O)OC(C)(C)C)c(N)c2c1C.CCc1c(C)nc2sc(C(C)=O)c(-n3cccc3)c2c1C.CN1CCN(C(=O)c2sc3nc4c(c(C(F)(F)F)c3c2N)CCCCC4)CC1.Cc1nc2sc(-c3ncc(-c4ccccc4)o3)c(N)c2c(C)c1C.Nc1c(C(=O)N2CCOCC2)sc2nc3c(cc12)CCCCC3.Nc1c(C(=O)Nc2ccccc2)sc2nc3c(cc12)CCCCC3. The number of Topliss-reactive ketones (excluding diaryl/α,β-unsaturated/α-hetero) is 1. The van der Waals surface area contributed by atoms with Gasteiger partial charge in [0.25, 0.3) is 17.7 Å². The number of pyridine rings is 6. The number of amides is 3. The van der Waals surface area contributed by atoms with Crippen LogP contribution in [0.15, 0.2) is 108 Å². The molecule has 34 heteroatoms. The second-order valence-corrected chi connectivity index (χ2v) is 43.3. The highest BCUT2D eigenvalue weighted by atomic mass is 32.1. The number of alkyl halides is 3. The lowest BCUT2D eigenvalue weighted by Gasteiger charge is -2.32. The number of aromatic nitrogens is 8. The molecule has 738 valence electrons. The number of morpholine rings is 1. The lowest BCUT2D eigenvalue weighted by Crippen LogP contribution is -2.47. The highest BCUT2D eigenvalue weighted by molar-refractivity contribution is 7.23. The molecule has 0 atom stereocenters. The standard InChI is InChI=1S/C19H23F3N4OS.C19H17N3OS.C19H19N3OS.C17H21N3O2S.C17H18N2OS.C16H22N2O2S/c1-25-7-9-26(10-8-25)18(27)16-15(23)13-14(19(20,21)22)11-5-3-2-4-6-12(11)24-17(13)28-16;1-10-11(2)15-16(20)17(24-19(15)22-12(10)3)18-21-9-14(23-18)13-7-5-4-6-8-13;20-16-14-11-12-7-3-1-6-10-15(12)22-19(14)24-17(16)18(23)21-13-8-4-2-5-9-13;18-14-12-10-11-4-2-1-3-5-13(11)19-16(12)23-15(14)17(21)20-6-8-22-9-7-20;1-5-13-10(2)14-15(19-8-6-7-9-19)16(12(4)20)21-17(14)18-11(13)3;1-7-10-8(2)11-12(17)13(15(19)20-16(4,5)6)21-14(11)18-9(10)3/h2-10,23H2,1H3;4-9H,20H2,1-3H3;2,4-5,8-9,11H,1,3,6-7,10,20H2,(H,21,23);10H,1-9,18H2;6-9H,5H2,1-4H3;7,17H2,1-6H3. The summed E-state index contributed by atoms with van der Waals surface area (Å²) < 4.78 is 60.9. The molecule has 2 aliphatic heterocycles. The van der Waals surface area contributed by atoms with Crippen LogP contribution in [0.25, 0.3) is 89.1 Å². The van der Waals surface area contributed by atoms with Gasteiger partial charge >= 0.3 is 12.1 Å². The number of esters is 1. The van der Waals surface area contributed by atoms with Gasteiger partial charge in [0.15, 0.2) is 11.5 Å². The van der Waals surface area contributed by atoms with Crippen LogP contribution < -0.4 is 34.0 Å². The first-order valence-electron chi connectivity index (χ1n) is 48.1. The van der Waals surface area contributed by atoms with E-state index in [4.69, 9.17) is 57.5 Å². The number of para-hydroxylation sites is 1. The van der Waals surface area contributed by atoms with Crippen molar-refractivity contribution < 1.29 is 51.0 Å². The number of hydrogen-bond acceptors (Lipinski definition) is 27. The number of benzene rings is 2. The number of anilines is 6. The number of nitrogens with zero attached hydrogens (tertiary/aromatic N) is 11. The minimum absolute atomic E-state index is 0.0176. The molecule has 11 N–H and O–H groups in total. The van der Waals surface area contributed by atoms with Crippen molar-refractivity contribution in [2.24, 2.45) is 0 Å². The Kier molecular flexibility index (Phi) is 31.3. The van der Waals surface area contributed by atoms with E-state index >= 15 is 0 Å². The molecule has 0 radical (unpaired) electrons. The molecule has 2 aromatic carbocycles. The molecule has 0 spiro atoms. The van der Waals surface area contributed by atoms with Gasteiger partial charge in [-0.15, -0.1) is 68.0 Å². The monoisotopic (exact) mass is 2020 g/mol. The van der Waals surface area contributed by atoms with Crippen molar-refractivity contribution in [3.63, 3.8) is 0 Å². The zero-order valence-corrected chi connectivity index (χ0v) is 87.0. The van der Waals surface area contributed by atoms with Gasteiger partial charge in [0.1, 0.15) is 59.0 Å². The van der Waals surface area contributed by atoms with Crippen LogP contribution in [0.1, 0.15) is 237 Å². The van der Waals surface area contributed by atoms with Crippen molar-refractivity contribution in [3.05, 3.63) is 218 Å². The van der Waals surface area contributed by atoms with Gasteiger partial charge in [-0.2, -0.15) is 13.2 Å². The largest absolute Gasteiger partial charge is 0.456 e. The molecule has 0 unspecified atom stereocenters. The lowest BCUT2D eigenvalue weighted by molar-refractivity contribution is -0.137. The number of hydrogen-bond donors (Lipinski definition) is 6. The van der Waals surface area contributed by atoms with Crippen molar-refractivity contribution in [1.29, 1.82) is 0 Å². The number of likely N-dealkylation sites (N-methyl/N-ethyl adjacent to an activating group) is 1. The maximum Gasteiger partial charge on any atom is 0.417 e. The number of piperazine rings is 1. The third-order valence-electron chi connectivity index (χ3n) is 26.7. The summed E-state index contributed by atoms with van der Waals surface area (Å²) in [5.41, 5.74) is 51.2. The average Bonchev–Trinajstić information content (AvgIpc) is 1.59. The van der Waals surface area contributed by atoms with E-state index in [1.54, 1.807) is 18.0 Å². The number of thiophene rings is 6. The Bertz CT molecular complexity index is 7400. The van der Waals surface area contributed by atoms with E-state index in [1.807, 2.05) is 150 Å². The minimum atomic E-state index is -4.53. The van der Waals surface area contributed by atoms with Gasteiger partial charge in [-0.1, -0.05) is 81.6 Å². The van der Waals surface area contributed by atoms with Crippen LogP contribution in [-0.4, -0.2) is 149 Å². The van der Waals surface area contributed by atoms with E-state index in [9.17, 15) is 37.1 Å². The first-order chi connectivity index (χ1) is 67.5. The molecule has 0 bridgehead atoms. The Morgan fingerprint density at radius 1 is 0.482 bits per heavy atom. The summed E-state index contributed by atoms with van der Waals surface area (Å²) >= 11 is 8.15. The third-order valence-corrected chi connectivity index (χ3v) is 33.3. The van der Waals surface area contributed by atoms with Crippen LogP contribution in [0, 0.1) is 48.5 Å². The van der Waals surface area contributed by atoms with Gasteiger partial charge in [-0.3, -0.25) is 19.2 Å². The molecule has 16 aromatic rings. The van der Waals surface area contributed by atoms with Crippen molar-refractivity contribution in [2.45, 2.75) is 211 Å². The Morgan fingerprint density at radius 2 is 0.950 bits per heavy atom. The Balaban J connectivity index is 0.000000122. The number of carbonyl (C=O) groups excluding carboxylic acids is 5. The van der Waals surface area contributed by atoms with Gasteiger partial charge < -0.3 is 67.1 Å². The normalized spacial score (nSPS) is 14.6. The second kappa shape index (κ2) is 43.3. The first-order valence-corrected chi connectivity index (χ1v) is 53.0. The number of nitrogens with one attached hydrogen (secondary N) is 1. The molecule has 2 saturated heterocycles. The fourth-order valence-electron chi connectivity index (χ4n) is 19.0. The quantitative estimate of drug-likeness (QED) is 0.0398. The fraction of sp³-hybridized carbons (Fsp3) is 0.383. The summed E-state index contributed by atoms with van der Waals surface area (Å²) in [4.78, 5) is 109. The molecule has 14 aromatic heterocycles. The number of nitrogen functional groups attached to an aromatic ring is 5. The van der Waals surface area contributed by atoms with E-state index in [1.165, 1.54) is 146 Å². The van der Waals surface area contributed by atoms with Crippen LogP contribution in [0.2, 0.25) is 0 Å². The zero-order chi connectivity index (χ0) is 100. The number of ketones is 1. The van der Waals surface area contributed by atoms with Crippen LogP contribution in [-0.2, 0) is 67.0 Å². The summed E-state index contributed by atoms with van der Waals surface area (Å²) in [6.45, 7) is 30.8. The number of fused-ring (bicyclic) bond motifs is 9. The molecule has 2 fully saturated rings. The van der Waals surface area contributed by atoms with Crippen molar-refractivity contribution in [3.8, 4) is 27.8 Å². The number of ether oxygens (including phenoxy) is 2. The number of aryl methyl sites for hydroxylation is 11. The number of halogens is 3. The van der Waals surface area contributed by atoms with Gasteiger partial charge in [-0.05, 0) is 253 Å². The maximum atomic E-state index is 14.0. The Morgan fingerprint density at radius 3 is 1.52 bits per heavy atom. The highest BCUT2D eigenvalue weighted by Gasteiger charge is 2.41. The number of oxazole rings is 1. The third kappa shape index (κ3) is 21.8. The summed E-state index contributed by atoms with van der Waals surface area (Å²) in [6.07, 6.45) is 17.9. The summed E-state index contributed by atoms with van der Waals surface area (Å²) in [5.74, 6) is 0.552. The second-order valence-electron chi connectivity index (χ2n) is 37.3. The van der Waals surface area contributed by atoms with Gasteiger partial charge in [-0.25, -0.2) is 39.7 Å². The van der Waals surface area contributed by atoms with Gasteiger partial charge in [0.05, 0.1) is 64.0 Å². The van der Waals surface area contributed by atoms with E-state index in [-0.39, 0.29) is 55.8 Å². The maximum absolute atomic E-state index is 14.0. The molecule has 0 saturated carbocycles. The van der Waals surface area contributed by atoms with Crippen molar-refractivity contribution in [1.82, 2.24) is 54.2 Å². The van der Waals surface area contributed by atoms with E-state index in [0.717, 1.165) is 182 Å². The number of carbonyl (C=O) groups is 5. The minimum Gasteiger partial charge on any atom is -0.456 e. The summed E-state index contributed by atoms with van der Waals surface area (Å²) in [5, 5.41) is 7.70. The van der Waals surface area contributed by atoms with Crippen LogP contribution in [0.3, 0.4) is 0 Å². The van der Waals surface area contributed by atoms with Crippen LogP contribution in [0.4, 0.5) is 47.3 Å². The van der Waals surface area contributed by atoms with Gasteiger partial charge in [0.2, 0.25) is 5.89 Å². The van der Waals surface area contributed by atoms with E-state index < -0.39 is 17.3 Å². The topological polar surface area (TPSA) is 364 Å². The predicted molar refractivity (Wildman–Crippen MR) is 570 cm³/mol. The molecule has 3 amide bonds. The van der Waals surface area contributed by atoms with E-state index in [2.05, 4.69) is 76.9 Å². The zero-order valence-electron chi connectivity index (χ0n) is 82.1. The molecule has 3 aliphatic carbocycles. The smallest absolute Gasteiger partial charge is 0.417 e. The fourth-order valence-corrected chi connectivity index (χ4v) is 25.6. The number of nitrogens with two attached hydrogens (primary N) is 5. The summed E-state index contributed by atoms with van der Waals surface area (Å²) in [6, 6.07) is 27.6. The van der Waals surface area contributed by atoms with Crippen molar-refractivity contribution in [2.75, 3.05) is 93.5 Å². The lowest BCUT2D eigenvalue weighted by atomic mass is 9.98. The Hall–Kier alpha value is -12.2. The molecular formula is C107H120F3N17O8S6. The molecule has 16 heterocycles. The molecule has 21 rings (SSSR count). The van der Waals surface area contributed by atoms with E-state index in [0.29, 0.717) is 108 Å². The predicted octanol–water partition coefficient (Wildman–Crippen LogP) is 24.2. The molecule has 141 heavy (non-hydrogen) atoms. The molecular weight excluding hydrogens is 1900 g/mol. The summed E-state index contributed by atoms with van der Waals surface area (Å²) in [7, 11) is 1.97.